The van der Waals surface area contributed by atoms with Crippen molar-refractivity contribution < 1.29 is 22.3 Å². The summed E-state index contributed by atoms with van der Waals surface area (Å²) in [4.78, 5) is 14.2. The van der Waals surface area contributed by atoms with Gasteiger partial charge in [-0.15, -0.1) is 0 Å². The maximum Gasteiger partial charge on any atom is 0.246 e. The molecule has 1 aliphatic rings. The van der Waals surface area contributed by atoms with Gasteiger partial charge in [0.15, 0.2) is 0 Å². The fourth-order valence-corrected chi connectivity index (χ4v) is 7.75. The van der Waals surface area contributed by atoms with Crippen LogP contribution in [-0.2, 0) is 19.6 Å². The summed E-state index contributed by atoms with van der Waals surface area (Å²) in [6.45, 7) is 0.410. The van der Waals surface area contributed by atoms with Crippen LogP contribution in [0.3, 0.4) is 0 Å². The lowest BCUT2D eigenvalue weighted by Gasteiger charge is -2.37. The molecule has 7 nitrogen and oxygen atoms in total. The number of amides is 1. The molecule has 0 heterocycles. The highest BCUT2D eigenvalue weighted by Crippen LogP contribution is 2.39. The molecule has 2 aromatic rings. The van der Waals surface area contributed by atoms with Gasteiger partial charge in [-0.1, -0.05) is 46.9 Å². The topological polar surface area (TPSA) is 79.0 Å². The molecule has 0 aliphatic heterocycles. The number of carbonyl (C=O) groups is 1. The van der Waals surface area contributed by atoms with Gasteiger partial charge in [-0.25, -0.2) is 12.8 Å². The Balaban J connectivity index is 1.39. The Hall–Kier alpha value is -1.46. The molecule has 216 valence electrons. The Kier molecular flexibility index (Phi) is 11.9. The number of hydrogen-bond donors (Lipinski definition) is 1. The lowest BCUT2D eigenvalue weighted by Crippen LogP contribution is -2.36. The van der Waals surface area contributed by atoms with Crippen molar-refractivity contribution in [1.29, 1.82) is 0 Å². The van der Waals surface area contributed by atoms with Crippen LogP contribution in [0.5, 0.6) is 0 Å². The minimum atomic E-state index is -3.97. The Labute approximate surface area is 245 Å². The fraction of sp³-hybridized carbons (Fsp3) is 0.519. The molecule has 0 bridgehead atoms. The first-order chi connectivity index (χ1) is 18.4. The summed E-state index contributed by atoms with van der Waals surface area (Å²) in [5.41, 5.74) is 0.992. The second-order valence-corrected chi connectivity index (χ2v) is 13.4. The van der Waals surface area contributed by atoms with Gasteiger partial charge in [-0.05, 0) is 81.4 Å². The molecule has 1 fully saturated rings. The van der Waals surface area contributed by atoms with Crippen LogP contribution in [0.4, 0.5) is 4.39 Å². The summed E-state index contributed by atoms with van der Waals surface area (Å²) in [6.07, 6.45) is 3.95. The SMILES string of the molecule is CN(C)C(c1cccc(F)c1)C1CCC(CNC(=O)COCCN(C)S(=O)(=O)c2c(Cl)cc(Cl)cc2Cl)CC1. The van der Waals surface area contributed by atoms with Crippen LogP contribution in [-0.4, -0.2) is 71.0 Å². The number of rotatable bonds is 12. The molecule has 2 aromatic carbocycles. The predicted molar refractivity (Wildman–Crippen MR) is 153 cm³/mol. The summed E-state index contributed by atoms with van der Waals surface area (Å²) in [7, 11) is 1.46. The summed E-state index contributed by atoms with van der Waals surface area (Å²) >= 11 is 18.0. The first-order valence-electron chi connectivity index (χ1n) is 12.8. The summed E-state index contributed by atoms with van der Waals surface area (Å²) < 4.78 is 46.0. The number of nitrogens with one attached hydrogen (secondary N) is 1. The van der Waals surface area contributed by atoms with Gasteiger partial charge in [0.25, 0.3) is 0 Å². The first kappa shape index (κ1) is 32.1. The van der Waals surface area contributed by atoms with E-state index in [-0.39, 0.29) is 57.5 Å². The number of ether oxygens (including phenoxy) is 1. The minimum absolute atomic E-state index is 0.00721. The number of likely N-dealkylation sites (N-methyl/N-ethyl adjacent to an activating group) is 1. The molecule has 1 N–H and O–H groups in total. The molecule has 3 rings (SSSR count). The van der Waals surface area contributed by atoms with Crippen LogP contribution in [0.15, 0.2) is 41.3 Å². The van der Waals surface area contributed by atoms with Crippen LogP contribution in [0.1, 0.15) is 37.3 Å². The lowest BCUT2D eigenvalue weighted by atomic mass is 9.76. The van der Waals surface area contributed by atoms with Crippen LogP contribution >= 0.6 is 34.8 Å². The third-order valence-corrected chi connectivity index (χ3v) is 10.1. The van der Waals surface area contributed by atoms with Crippen LogP contribution in [0.2, 0.25) is 15.1 Å². The molecule has 0 saturated heterocycles. The van der Waals surface area contributed by atoms with Gasteiger partial charge in [0.05, 0.1) is 16.7 Å². The molecule has 1 aliphatic carbocycles. The van der Waals surface area contributed by atoms with Crippen molar-refractivity contribution in [3.8, 4) is 0 Å². The van der Waals surface area contributed by atoms with E-state index in [0.29, 0.717) is 18.4 Å². The molecular weight excluding hydrogens is 588 g/mol. The van der Waals surface area contributed by atoms with E-state index in [0.717, 1.165) is 35.6 Å². The first-order valence-corrected chi connectivity index (χ1v) is 15.3. The highest BCUT2D eigenvalue weighted by Gasteiger charge is 2.30. The van der Waals surface area contributed by atoms with Gasteiger partial charge >= 0.3 is 0 Å². The second kappa shape index (κ2) is 14.4. The molecule has 1 unspecified atom stereocenters. The second-order valence-electron chi connectivity index (χ2n) is 10.1. The Bertz CT molecular complexity index is 1220. The van der Waals surface area contributed by atoms with Gasteiger partial charge < -0.3 is 15.0 Å². The normalized spacial score (nSPS) is 18.9. The number of nitrogens with zero attached hydrogens (tertiary/aromatic N) is 2. The number of halogens is 4. The summed E-state index contributed by atoms with van der Waals surface area (Å²) in [5, 5.41) is 3.01. The van der Waals surface area contributed by atoms with Crippen molar-refractivity contribution in [2.75, 3.05) is 47.4 Å². The molecule has 12 heteroatoms. The van der Waals surface area contributed by atoms with Crippen molar-refractivity contribution in [3.05, 3.63) is 62.8 Å². The zero-order valence-electron chi connectivity index (χ0n) is 22.3. The van der Waals surface area contributed by atoms with Gasteiger partial charge in [0.2, 0.25) is 15.9 Å². The molecule has 0 radical (unpaired) electrons. The Morgan fingerprint density at radius 1 is 1.08 bits per heavy atom. The third-order valence-electron chi connectivity index (χ3n) is 7.09. The van der Waals surface area contributed by atoms with E-state index in [1.807, 2.05) is 20.2 Å². The van der Waals surface area contributed by atoms with Crippen LogP contribution in [0.25, 0.3) is 0 Å². The van der Waals surface area contributed by atoms with Crippen molar-refractivity contribution in [1.82, 2.24) is 14.5 Å². The van der Waals surface area contributed by atoms with E-state index < -0.39 is 10.0 Å². The molecule has 0 aromatic heterocycles. The van der Waals surface area contributed by atoms with E-state index in [1.54, 1.807) is 12.1 Å². The van der Waals surface area contributed by atoms with Crippen molar-refractivity contribution in [3.63, 3.8) is 0 Å². The largest absolute Gasteiger partial charge is 0.370 e. The van der Waals surface area contributed by atoms with Gasteiger partial charge in [-0.2, -0.15) is 4.31 Å². The number of hydrogen-bond acceptors (Lipinski definition) is 5. The number of sulfonamides is 1. The minimum Gasteiger partial charge on any atom is -0.370 e. The highest BCUT2D eigenvalue weighted by molar-refractivity contribution is 7.89. The van der Waals surface area contributed by atoms with Crippen molar-refractivity contribution in [2.24, 2.45) is 11.8 Å². The molecule has 1 amide bonds. The molecule has 39 heavy (non-hydrogen) atoms. The predicted octanol–water partition coefficient (Wildman–Crippen LogP) is 5.65. The number of benzene rings is 2. The van der Waals surface area contributed by atoms with E-state index in [9.17, 15) is 17.6 Å². The van der Waals surface area contributed by atoms with E-state index in [1.165, 1.54) is 25.2 Å². The maximum absolute atomic E-state index is 13.8. The highest BCUT2D eigenvalue weighted by atomic mass is 35.5. The monoisotopic (exact) mass is 621 g/mol. The molecule has 0 spiro atoms. The molecular formula is C27H35Cl3FN3O4S. The Morgan fingerprint density at radius 3 is 2.31 bits per heavy atom. The summed E-state index contributed by atoms with van der Waals surface area (Å²) in [5.74, 6) is 0.313. The van der Waals surface area contributed by atoms with Gasteiger partial charge in [0, 0.05) is 31.2 Å². The third kappa shape index (κ3) is 8.76. The van der Waals surface area contributed by atoms with Crippen LogP contribution in [0, 0.1) is 17.7 Å². The standard InChI is InChI=1S/C27H35Cl3FN3O4S/c1-33(2)26(20-5-4-6-22(31)13-20)19-9-7-18(8-10-19)16-32-25(35)17-38-12-11-34(3)39(36,37)27-23(29)14-21(28)15-24(27)30/h4-6,13-15,18-19,26H,7-12,16-17H2,1-3H3,(H,32,35). The average molecular weight is 623 g/mol. The summed E-state index contributed by atoms with van der Waals surface area (Å²) in [6, 6.07) is 9.60. The fourth-order valence-electron chi connectivity index (χ4n) is 5.11. The smallest absolute Gasteiger partial charge is 0.246 e. The van der Waals surface area contributed by atoms with Gasteiger partial charge in [0.1, 0.15) is 17.3 Å². The van der Waals surface area contributed by atoms with Crippen molar-refractivity contribution in [2.45, 2.75) is 36.6 Å². The van der Waals surface area contributed by atoms with Gasteiger partial charge in [-0.3, -0.25) is 4.79 Å². The average Bonchev–Trinajstić information content (AvgIpc) is 2.85. The maximum atomic E-state index is 13.8. The van der Waals surface area contributed by atoms with E-state index in [4.69, 9.17) is 39.5 Å². The zero-order chi connectivity index (χ0) is 28.7. The number of carbonyl (C=O) groups excluding carboxylic acids is 1. The Morgan fingerprint density at radius 2 is 1.72 bits per heavy atom. The zero-order valence-corrected chi connectivity index (χ0v) is 25.4. The lowest BCUT2D eigenvalue weighted by molar-refractivity contribution is -0.126. The molecule has 1 saturated carbocycles. The van der Waals surface area contributed by atoms with Crippen molar-refractivity contribution >= 4 is 50.7 Å². The van der Waals surface area contributed by atoms with E-state index in [2.05, 4.69) is 10.2 Å². The quantitative estimate of drug-likeness (QED) is 0.310. The van der Waals surface area contributed by atoms with Crippen LogP contribution < -0.4 is 5.32 Å². The molecule has 1 atom stereocenters. The van der Waals surface area contributed by atoms with E-state index >= 15 is 0 Å².